The highest BCUT2D eigenvalue weighted by Crippen LogP contribution is 2.27. The average molecular weight is 423 g/mol. The highest BCUT2D eigenvalue weighted by molar-refractivity contribution is 8.00. The second-order valence-electron chi connectivity index (χ2n) is 7.11. The van der Waals surface area contributed by atoms with Crippen LogP contribution in [0.25, 0.3) is 0 Å². The predicted molar refractivity (Wildman–Crippen MR) is 111 cm³/mol. The van der Waals surface area contributed by atoms with Crippen LogP contribution in [0.5, 0.6) is 0 Å². The second kappa shape index (κ2) is 8.65. The lowest BCUT2D eigenvalue weighted by molar-refractivity contribution is -0.117. The average Bonchev–Trinajstić information content (AvgIpc) is 3.19. The number of thioether (sulfide) groups is 1. The summed E-state index contributed by atoms with van der Waals surface area (Å²) in [6, 6.07) is 9.61. The van der Waals surface area contributed by atoms with Crippen molar-refractivity contribution in [3.8, 4) is 0 Å². The van der Waals surface area contributed by atoms with Gasteiger partial charge in [0.05, 0.1) is 16.8 Å². The van der Waals surface area contributed by atoms with Gasteiger partial charge in [0.25, 0.3) is 0 Å². The van der Waals surface area contributed by atoms with E-state index in [9.17, 15) is 13.2 Å². The number of rotatable bonds is 7. The van der Waals surface area contributed by atoms with Gasteiger partial charge in [0.15, 0.2) is 15.0 Å². The van der Waals surface area contributed by atoms with Crippen molar-refractivity contribution in [2.45, 2.75) is 37.1 Å². The first-order chi connectivity index (χ1) is 13.3. The first kappa shape index (κ1) is 20.9. The number of hydrogen-bond acceptors (Lipinski definition) is 6. The van der Waals surface area contributed by atoms with Crippen molar-refractivity contribution in [3.05, 3.63) is 36.2 Å². The minimum Gasteiger partial charge on any atom is -0.312 e. The van der Waals surface area contributed by atoms with Gasteiger partial charge in [-0.15, -0.1) is 10.2 Å². The van der Waals surface area contributed by atoms with Gasteiger partial charge in [-0.05, 0) is 38.3 Å². The van der Waals surface area contributed by atoms with E-state index in [1.165, 1.54) is 11.8 Å². The number of sulfone groups is 1. The molecule has 2 atom stereocenters. The number of hydrogen-bond donors (Lipinski definition) is 0. The van der Waals surface area contributed by atoms with Gasteiger partial charge in [-0.1, -0.05) is 30.0 Å². The molecule has 0 saturated carbocycles. The molecule has 1 saturated heterocycles. The monoisotopic (exact) mass is 422 g/mol. The lowest BCUT2D eigenvalue weighted by Crippen LogP contribution is -2.36. The van der Waals surface area contributed by atoms with E-state index < -0.39 is 9.84 Å². The largest absolute Gasteiger partial charge is 0.312 e. The Morgan fingerprint density at radius 2 is 2.04 bits per heavy atom. The lowest BCUT2D eigenvalue weighted by Gasteiger charge is -2.24. The highest BCUT2D eigenvalue weighted by Gasteiger charge is 2.30. The summed E-state index contributed by atoms with van der Waals surface area (Å²) in [7, 11) is -1.04. The molecule has 1 aliphatic heterocycles. The van der Waals surface area contributed by atoms with Gasteiger partial charge in [-0.25, -0.2) is 8.42 Å². The fourth-order valence-corrected chi connectivity index (χ4v) is 6.18. The smallest absolute Gasteiger partial charge is 0.240 e. The third-order valence-corrected chi connectivity index (χ3v) is 7.96. The summed E-state index contributed by atoms with van der Waals surface area (Å²) in [6.45, 7) is 4.42. The molecule has 28 heavy (non-hydrogen) atoms. The van der Waals surface area contributed by atoms with E-state index in [0.717, 1.165) is 11.5 Å². The number of carbonyl (C=O) groups is 1. The van der Waals surface area contributed by atoms with Crippen LogP contribution in [0, 0.1) is 5.92 Å². The number of carbonyl (C=O) groups excluding carboxylic acids is 1. The Labute approximate surface area is 170 Å². The molecule has 7 nitrogen and oxygen atoms in total. The summed E-state index contributed by atoms with van der Waals surface area (Å²) < 4.78 is 25.2. The van der Waals surface area contributed by atoms with Gasteiger partial charge < -0.3 is 9.47 Å². The first-order valence-corrected chi connectivity index (χ1v) is 12.1. The fourth-order valence-electron chi connectivity index (χ4n) is 3.42. The zero-order valence-electron chi connectivity index (χ0n) is 16.4. The summed E-state index contributed by atoms with van der Waals surface area (Å²) in [5.74, 6) is 1.36. The molecule has 0 N–H and O–H groups in total. The number of amides is 1. The number of benzene rings is 1. The molecule has 2 unspecified atom stereocenters. The molecule has 1 aliphatic rings. The first-order valence-electron chi connectivity index (χ1n) is 9.42. The van der Waals surface area contributed by atoms with Crippen LogP contribution in [-0.2, 0) is 28.1 Å². The van der Waals surface area contributed by atoms with E-state index in [-0.39, 0.29) is 28.6 Å². The molecule has 0 aliphatic carbocycles. The van der Waals surface area contributed by atoms with Gasteiger partial charge in [-0.3, -0.25) is 4.79 Å². The van der Waals surface area contributed by atoms with Crippen LogP contribution >= 0.6 is 11.8 Å². The van der Waals surface area contributed by atoms with Crippen LogP contribution in [0.4, 0.5) is 5.69 Å². The third kappa shape index (κ3) is 4.75. The third-order valence-electron chi connectivity index (χ3n) is 5.00. The molecule has 0 radical (unpaired) electrons. The summed E-state index contributed by atoms with van der Waals surface area (Å²) in [5.41, 5.74) is 0.878. The zero-order chi connectivity index (χ0) is 20.3. The van der Waals surface area contributed by atoms with Crippen LogP contribution in [0.15, 0.2) is 35.5 Å². The van der Waals surface area contributed by atoms with E-state index >= 15 is 0 Å². The van der Waals surface area contributed by atoms with Gasteiger partial charge in [0.2, 0.25) is 5.91 Å². The van der Waals surface area contributed by atoms with Crippen molar-refractivity contribution < 1.29 is 13.2 Å². The standard InChI is InChI=1S/C19H26N4O3S2/c1-4-23(16-8-6-5-7-9-16)18(24)14(2)27-19-21-20-17(22(19)3)12-15-10-11-28(25,26)13-15/h5-9,14-15H,4,10-13H2,1-3H3. The Hall–Kier alpha value is -1.87. The molecule has 9 heteroatoms. The van der Waals surface area contributed by atoms with Crippen LogP contribution in [0.3, 0.4) is 0 Å². The minimum absolute atomic E-state index is 0.0186. The fraction of sp³-hybridized carbons (Fsp3) is 0.526. The lowest BCUT2D eigenvalue weighted by atomic mass is 10.1. The molecule has 2 heterocycles. The number of anilines is 1. The molecular formula is C19H26N4O3S2. The van der Waals surface area contributed by atoms with Crippen LogP contribution in [0.1, 0.15) is 26.1 Å². The van der Waals surface area contributed by atoms with E-state index in [1.807, 2.05) is 55.8 Å². The summed E-state index contributed by atoms with van der Waals surface area (Å²) in [6.07, 6.45) is 1.27. The van der Waals surface area contributed by atoms with Gasteiger partial charge >= 0.3 is 0 Å². The Bertz CT molecular complexity index is 928. The van der Waals surface area contributed by atoms with Gasteiger partial charge in [0, 0.05) is 25.7 Å². The molecule has 1 aromatic heterocycles. The van der Waals surface area contributed by atoms with Crippen LogP contribution < -0.4 is 4.90 Å². The van der Waals surface area contributed by atoms with E-state index in [0.29, 0.717) is 24.5 Å². The molecule has 3 rings (SSSR count). The number of aromatic nitrogens is 3. The maximum Gasteiger partial charge on any atom is 0.240 e. The summed E-state index contributed by atoms with van der Waals surface area (Å²) in [5, 5.41) is 8.82. The normalized spacial score (nSPS) is 19.5. The zero-order valence-corrected chi connectivity index (χ0v) is 18.0. The van der Waals surface area contributed by atoms with Crippen molar-refractivity contribution >= 4 is 33.2 Å². The number of nitrogens with zero attached hydrogens (tertiary/aromatic N) is 4. The second-order valence-corrected chi connectivity index (χ2v) is 10.6. The van der Waals surface area contributed by atoms with Crippen molar-refractivity contribution in [3.63, 3.8) is 0 Å². The van der Waals surface area contributed by atoms with Crippen LogP contribution in [0.2, 0.25) is 0 Å². The Morgan fingerprint density at radius 1 is 1.32 bits per heavy atom. The molecule has 1 fully saturated rings. The molecular weight excluding hydrogens is 396 g/mol. The van der Waals surface area contributed by atoms with Gasteiger partial charge in [0.1, 0.15) is 5.82 Å². The maximum atomic E-state index is 12.9. The van der Waals surface area contributed by atoms with Crippen molar-refractivity contribution in [2.75, 3.05) is 23.0 Å². The minimum atomic E-state index is -2.90. The van der Waals surface area contributed by atoms with Crippen molar-refractivity contribution in [1.82, 2.24) is 14.8 Å². The number of para-hydroxylation sites is 1. The summed E-state index contributed by atoms with van der Waals surface area (Å²) in [4.78, 5) is 14.7. The van der Waals surface area contributed by atoms with E-state index in [1.54, 1.807) is 4.90 Å². The van der Waals surface area contributed by atoms with E-state index in [4.69, 9.17) is 0 Å². The molecule has 0 bridgehead atoms. The molecule has 2 aromatic rings. The SMILES string of the molecule is CCN(C(=O)C(C)Sc1nnc(CC2CCS(=O)(=O)C2)n1C)c1ccccc1. The molecule has 152 valence electrons. The predicted octanol–water partition coefficient (Wildman–Crippen LogP) is 2.33. The Morgan fingerprint density at radius 3 is 2.64 bits per heavy atom. The molecule has 0 spiro atoms. The topological polar surface area (TPSA) is 85.2 Å². The maximum absolute atomic E-state index is 12.9. The van der Waals surface area contributed by atoms with Crippen LogP contribution in [-0.4, -0.2) is 52.4 Å². The summed E-state index contributed by atoms with van der Waals surface area (Å²) >= 11 is 1.38. The van der Waals surface area contributed by atoms with E-state index in [2.05, 4.69) is 10.2 Å². The highest BCUT2D eigenvalue weighted by atomic mass is 32.2. The quantitative estimate of drug-likeness (QED) is 0.637. The molecule has 1 aromatic carbocycles. The Kier molecular flexibility index (Phi) is 6.44. The van der Waals surface area contributed by atoms with Gasteiger partial charge in [-0.2, -0.15) is 0 Å². The van der Waals surface area contributed by atoms with Crippen molar-refractivity contribution in [1.29, 1.82) is 0 Å². The Balaban J connectivity index is 1.66. The van der Waals surface area contributed by atoms with Crippen molar-refractivity contribution in [2.24, 2.45) is 13.0 Å². The molecule has 1 amide bonds.